The Labute approximate surface area is 336 Å². The van der Waals surface area contributed by atoms with Crippen LogP contribution < -0.4 is 0 Å². The van der Waals surface area contributed by atoms with Crippen molar-refractivity contribution in [2.75, 3.05) is 0 Å². The summed E-state index contributed by atoms with van der Waals surface area (Å²) in [4.78, 5) is 0. The fourth-order valence-corrected chi connectivity index (χ4v) is 11.3. The monoisotopic (exact) mass is 750 g/mol. The predicted octanol–water partition coefficient (Wildman–Crippen LogP) is 15.4. The highest BCUT2D eigenvalue weighted by Gasteiger charge is 2.38. The number of hydrogen-bond donors (Lipinski definition) is 0. The minimum atomic E-state index is 0.111. The Morgan fingerprint density at radius 2 is 1.04 bits per heavy atom. The summed E-state index contributed by atoms with van der Waals surface area (Å²) in [6.45, 7) is 9.75. The fourth-order valence-electron chi connectivity index (χ4n) is 10.2. The lowest BCUT2D eigenvalue weighted by Crippen LogP contribution is -2.33. The molecular formula is C54H42N2S. The van der Waals surface area contributed by atoms with Gasteiger partial charge < -0.3 is 9.13 Å². The second-order valence-electron chi connectivity index (χ2n) is 17.6. The summed E-state index contributed by atoms with van der Waals surface area (Å²) < 4.78 is 7.71. The smallest absolute Gasteiger partial charge is 0.0562 e. The zero-order valence-corrected chi connectivity index (χ0v) is 33.5. The fraction of sp³-hybridized carbons (Fsp3) is 0.148. The number of para-hydroxylation sites is 1. The molecule has 11 aromatic rings. The molecule has 0 spiro atoms. The maximum atomic E-state index is 2.56. The van der Waals surface area contributed by atoms with Crippen molar-refractivity contribution in [1.29, 1.82) is 0 Å². The van der Waals surface area contributed by atoms with Gasteiger partial charge in [-0.1, -0.05) is 113 Å². The zero-order chi connectivity index (χ0) is 38.2. The molecule has 0 fully saturated rings. The number of hydrogen-bond acceptors (Lipinski definition) is 1. The van der Waals surface area contributed by atoms with E-state index in [-0.39, 0.29) is 10.8 Å². The van der Waals surface area contributed by atoms with E-state index in [1.54, 1.807) is 0 Å². The first-order valence-corrected chi connectivity index (χ1v) is 21.1. The molecule has 8 aromatic carbocycles. The molecule has 0 atom stereocenters. The quantitative estimate of drug-likeness (QED) is 0.170. The molecule has 57 heavy (non-hydrogen) atoms. The second kappa shape index (κ2) is 11.7. The van der Waals surface area contributed by atoms with Crippen LogP contribution in [0.4, 0.5) is 0 Å². The summed E-state index contributed by atoms with van der Waals surface area (Å²) in [7, 11) is 0. The van der Waals surface area contributed by atoms with Crippen LogP contribution in [0.15, 0.2) is 158 Å². The lowest BCUT2D eigenvalue weighted by molar-refractivity contribution is 0.332. The molecule has 2 nitrogen and oxygen atoms in total. The summed E-state index contributed by atoms with van der Waals surface area (Å²) in [6, 6.07) is 59.5. The van der Waals surface area contributed by atoms with Crippen molar-refractivity contribution >= 4 is 85.9 Å². The van der Waals surface area contributed by atoms with Gasteiger partial charge in [-0.3, -0.25) is 0 Å². The molecule has 0 N–H and O–H groups in total. The minimum Gasteiger partial charge on any atom is -0.309 e. The van der Waals surface area contributed by atoms with Crippen molar-refractivity contribution in [2.24, 2.45) is 0 Å². The van der Waals surface area contributed by atoms with Crippen LogP contribution in [0.2, 0.25) is 0 Å². The highest BCUT2D eigenvalue weighted by molar-refractivity contribution is 7.25. The summed E-state index contributed by atoms with van der Waals surface area (Å²) in [5.41, 5.74) is 13.0. The van der Waals surface area contributed by atoms with Crippen LogP contribution in [-0.4, -0.2) is 9.13 Å². The van der Waals surface area contributed by atoms with Crippen molar-refractivity contribution in [3.8, 4) is 22.5 Å². The van der Waals surface area contributed by atoms with E-state index < -0.39 is 0 Å². The molecule has 0 unspecified atom stereocenters. The van der Waals surface area contributed by atoms with E-state index >= 15 is 0 Å². The van der Waals surface area contributed by atoms with Gasteiger partial charge in [-0.15, -0.1) is 11.3 Å². The number of thiophene rings is 1. The Balaban J connectivity index is 1.18. The van der Waals surface area contributed by atoms with E-state index in [0.717, 1.165) is 0 Å². The SMILES string of the molecule is CC1(C)CCC(C)(C)c2cc3c(cc21)c1cc2c4c5ccccc5ccc4n(-c4cccc(-c5ccc6sc7ccccc7c6c5)c4)c2cc1n3-c1ccccc1. The van der Waals surface area contributed by atoms with E-state index in [2.05, 4.69) is 195 Å². The summed E-state index contributed by atoms with van der Waals surface area (Å²) in [5, 5.41) is 10.4. The molecule has 3 heteroatoms. The van der Waals surface area contributed by atoms with Gasteiger partial charge in [0, 0.05) is 53.1 Å². The molecule has 1 aliphatic carbocycles. The Morgan fingerprint density at radius 3 is 1.88 bits per heavy atom. The Morgan fingerprint density at radius 1 is 0.404 bits per heavy atom. The minimum absolute atomic E-state index is 0.111. The second-order valence-corrected chi connectivity index (χ2v) is 18.7. The number of rotatable bonds is 3. The van der Waals surface area contributed by atoms with Gasteiger partial charge in [0.1, 0.15) is 0 Å². The standard InChI is InChI=1S/C54H42N2S/c1-53(2)25-26-54(3,4)45-31-47-41(30-44(45)53)40-29-43-49(32-48(40)55(47)36-15-6-5-7-16-36)56(46-23-21-33-13-8-9-18-38(33)52(43)46)37-17-12-14-34(27-37)35-22-24-51-42(28-35)39-19-10-11-20-50(39)57-51/h5-24,27-32H,25-26H2,1-4H3. The first kappa shape index (κ1) is 33.0. The van der Waals surface area contributed by atoms with Crippen molar-refractivity contribution in [2.45, 2.75) is 51.4 Å². The van der Waals surface area contributed by atoms with E-state index in [9.17, 15) is 0 Å². The number of benzene rings is 8. The zero-order valence-electron chi connectivity index (χ0n) is 32.7. The Hall–Kier alpha value is -6.16. The first-order valence-electron chi connectivity index (χ1n) is 20.3. The van der Waals surface area contributed by atoms with Crippen molar-refractivity contribution < 1.29 is 0 Å². The van der Waals surface area contributed by atoms with Gasteiger partial charge in [0.2, 0.25) is 0 Å². The molecule has 3 aromatic heterocycles. The lowest BCUT2D eigenvalue weighted by Gasteiger charge is -2.42. The van der Waals surface area contributed by atoms with Crippen molar-refractivity contribution in [1.82, 2.24) is 9.13 Å². The highest BCUT2D eigenvalue weighted by Crippen LogP contribution is 2.50. The molecule has 0 aliphatic heterocycles. The van der Waals surface area contributed by atoms with Crippen molar-refractivity contribution in [3.63, 3.8) is 0 Å². The maximum absolute atomic E-state index is 2.56. The Kier molecular flexibility index (Phi) is 6.77. The van der Waals surface area contributed by atoms with Gasteiger partial charge in [0.15, 0.2) is 0 Å². The van der Waals surface area contributed by atoms with Crippen LogP contribution in [0.25, 0.3) is 97.1 Å². The van der Waals surface area contributed by atoms with Crippen LogP contribution >= 0.6 is 11.3 Å². The van der Waals surface area contributed by atoms with Crippen LogP contribution in [0, 0.1) is 0 Å². The first-order chi connectivity index (χ1) is 27.7. The normalized spacial score (nSPS) is 15.2. The highest BCUT2D eigenvalue weighted by atomic mass is 32.1. The van der Waals surface area contributed by atoms with E-state index in [4.69, 9.17) is 0 Å². The maximum Gasteiger partial charge on any atom is 0.0562 e. The van der Waals surface area contributed by atoms with Crippen LogP contribution in [-0.2, 0) is 10.8 Å². The van der Waals surface area contributed by atoms with E-state index in [1.807, 2.05) is 11.3 Å². The molecule has 1 aliphatic rings. The third-order valence-corrected chi connectivity index (χ3v) is 14.5. The van der Waals surface area contributed by atoms with Crippen LogP contribution in [0.1, 0.15) is 51.7 Å². The van der Waals surface area contributed by atoms with Crippen molar-refractivity contribution in [3.05, 3.63) is 169 Å². The van der Waals surface area contributed by atoms with Crippen LogP contribution in [0.3, 0.4) is 0 Å². The molecule has 3 heterocycles. The third-order valence-electron chi connectivity index (χ3n) is 13.3. The molecule has 274 valence electrons. The average Bonchev–Trinajstić information content (AvgIpc) is 3.88. The van der Waals surface area contributed by atoms with Gasteiger partial charge >= 0.3 is 0 Å². The van der Waals surface area contributed by atoms with Gasteiger partial charge in [-0.2, -0.15) is 0 Å². The molecule has 0 amide bonds. The summed E-state index contributed by atoms with van der Waals surface area (Å²) in [5.74, 6) is 0. The number of nitrogens with zero attached hydrogens (tertiary/aromatic N) is 2. The molecular weight excluding hydrogens is 709 g/mol. The van der Waals surface area contributed by atoms with Gasteiger partial charge in [0.25, 0.3) is 0 Å². The molecule has 0 radical (unpaired) electrons. The summed E-state index contributed by atoms with van der Waals surface area (Å²) >= 11 is 1.87. The molecule has 0 saturated heterocycles. The number of aromatic nitrogens is 2. The van der Waals surface area contributed by atoms with E-state index in [1.165, 1.54) is 121 Å². The topological polar surface area (TPSA) is 9.86 Å². The Bertz CT molecular complexity index is 3460. The molecule has 0 bridgehead atoms. The lowest BCUT2D eigenvalue weighted by atomic mass is 9.63. The molecule has 0 saturated carbocycles. The predicted molar refractivity (Wildman–Crippen MR) is 246 cm³/mol. The van der Waals surface area contributed by atoms with Gasteiger partial charge in [-0.05, 0) is 129 Å². The number of fused-ring (bicyclic) bond motifs is 12. The van der Waals surface area contributed by atoms with Gasteiger partial charge in [0.05, 0.1) is 22.1 Å². The summed E-state index contributed by atoms with van der Waals surface area (Å²) in [6.07, 6.45) is 2.38. The third kappa shape index (κ3) is 4.76. The van der Waals surface area contributed by atoms with Gasteiger partial charge in [-0.25, -0.2) is 0 Å². The average molecular weight is 751 g/mol. The largest absolute Gasteiger partial charge is 0.309 e. The van der Waals surface area contributed by atoms with E-state index in [0.29, 0.717) is 0 Å². The molecule has 12 rings (SSSR count). The van der Waals surface area contributed by atoms with Crippen LogP contribution in [0.5, 0.6) is 0 Å².